The molecule has 0 aliphatic rings. The van der Waals surface area contributed by atoms with E-state index in [0.717, 1.165) is 18.5 Å². The van der Waals surface area contributed by atoms with E-state index in [1.54, 1.807) is 0 Å². The first kappa shape index (κ1) is 16.7. The zero-order chi connectivity index (χ0) is 17.0. The van der Waals surface area contributed by atoms with Crippen molar-refractivity contribution in [1.29, 1.82) is 0 Å². The Morgan fingerprint density at radius 1 is 0.875 bits per heavy atom. The maximum Gasteiger partial charge on any atom is 0.0966 e. The van der Waals surface area contributed by atoms with E-state index in [0.29, 0.717) is 0 Å². The highest BCUT2D eigenvalue weighted by molar-refractivity contribution is 5.85. The second kappa shape index (κ2) is 7.16. The van der Waals surface area contributed by atoms with Crippen molar-refractivity contribution in [3.05, 3.63) is 83.9 Å². The summed E-state index contributed by atoms with van der Waals surface area (Å²) in [7, 11) is 0. The molecule has 0 fully saturated rings. The number of nitrogens with one attached hydrogen (secondary N) is 1. The van der Waals surface area contributed by atoms with Crippen molar-refractivity contribution < 1.29 is 5.11 Å². The van der Waals surface area contributed by atoms with E-state index < -0.39 is 6.10 Å². The summed E-state index contributed by atoms with van der Waals surface area (Å²) in [6, 6.07) is 24.8. The predicted octanol–water partition coefficient (Wildman–Crippen LogP) is 4.48. The quantitative estimate of drug-likeness (QED) is 0.702. The van der Waals surface area contributed by atoms with E-state index in [-0.39, 0.29) is 5.54 Å². The van der Waals surface area contributed by atoms with Gasteiger partial charge in [0.1, 0.15) is 0 Å². The van der Waals surface area contributed by atoms with Crippen LogP contribution in [0.5, 0.6) is 0 Å². The third-order valence-corrected chi connectivity index (χ3v) is 4.65. The second-order valence-electron chi connectivity index (χ2n) is 6.85. The van der Waals surface area contributed by atoms with Crippen LogP contribution in [0.25, 0.3) is 10.8 Å². The van der Waals surface area contributed by atoms with Gasteiger partial charge in [0.05, 0.1) is 6.10 Å². The Labute approximate surface area is 144 Å². The standard InChI is InChI=1S/C22H25NO/c1-22(2,21(24)19-10-4-3-5-11-19)23-16-15-18-13-8-12-17-9-6-7-14-20(17)18/h3-14,21,23-24H,15-16H2,1-2H3. The lowest BCUT2D eigenvalue weighted by Gasteiger charge is -2.32. The molecule has 0 aromatic heterocycles. The van der Waals surface area contributed by atoms with Crippen LogP contribution in [0.15, 0.2) is 72.8 Å². The van der Waals surface area contributed by atoms with Gasteiger partial charge < -0.3 is 10.4 Å². The summed E-state index contributed by atoms with van der Waals surface area (Å²) >= 11 is 0. The van der Waals surface area contributed by atoms with Crippen molar-refractivity contribution in [2.75, 3.05) is 6.54 Å². The van der Waals surface area contributed by atoms with Crippen LogP contribution in [0.3, 0.4) is 0 Å². The van der Waals surface area contributed by atoms with Gasteiger partial charge in [0.15, 0.2) is 0 Å². The fourth-order valence-electron chi connectivity index (χ4n) is 3.18. The van der Waals surface area contributed by atoms with Crippen LogP contribution in [0, 0.1) is 0 Å². The van der Waals surface area contributed by atoms with Crippen LogP contribution < -0.4 is 5.32 Å². The molecule has 0 saturated carbocycles. The SMILES string of the molecule is CC(C)(NCCc1cccc2ccccc12)C(O)c1ccccc1. The highest BCUT2D eigenvalue weighted by Crippen LogP contribution is 2.25. The average molecular weight is 319 g/mol. The maximum atomic E-state index is 10.7. The first-order chi connectivity index (χ1) is 11.6. The molecule has 2 heteroatoms. The van der Waals surface area contributed by atoms with Crippen molar-refractivity contribution in [3.63, 3.8) is 0 Å². The molecule has 0 amide bonds. The van der Waals surface area contributed by atoms with Crippen LogP contribution in [0.1, 0.15) is 31.1 Å². The highest BCUT2D eigenvalue weighted by atomic mass is 16.3. The molecule has 0 spiro atoms. The van der Waals surface area contributed by atoms with E-state index >= 15 is 0 Å². The summed E-state index contributed by atoms with van der Waals surface area (Å²) < 4.78 is 0. The van der Waals surface area contributed by atoms with E-state index in [1.165, 1.54) is 16.3 Å². The molecule has 3 aromatic rings. The van der Waals surface area contributed by atoms with Crippen molar-refractivity contribution in [2.45, 2.75) is 31.9 Å². The van der Waals surface area contributed by atoms with Gasteiger partial charge in [-0.3, -0.25) is 0 Å². The van der Waals surface area contributed by atoms with Gasteiger partial charge in [0, 0.05) is 5.54 Å². The Kier molecular flexibility index (Phi) is 4.98. The third-order valence-electron chi connectivity index (χ3n) is 4.65. The van der Waals surface area contributed by atoms with Gasteiger partial charge in [-0.15, -0.1) is 0 Å². The normalized spacial score (nSPS) is 13.1. The molecule has 0 aliphatic heterocycles. The summed E-state index contributed by atoms with van der Waals surface area (Å²) in [5.74, 6) is 0. The van der Waals surface area contributed by atoms with Crippen molar-refractivity contribution in [3.8, 4) is 0 Å². The Balaban J connectivity index is 1.66. The van der Waals surface area contributed by atoms with E-state index in [1.807, 2.05) is 44.2 Å². The van der Waals surface area contributed by atoms with Gasteiger partial charge >= 0.3 is 0 Å². The predicted molar refractivity (Wildman–Crippen MR) is 101 cm³/mol. The molecular formula is C22H25NO. The molecule has 124 valence electrons. The summed E-state index contributed by atoms with van der Waals surface area (Å²) in [4.78, 5) is 0. The zero-order valence-electron chi connectivity index (χ0n) is 14.4. The smallest absolute Gasteiger partial charge is 0.0966 e. The molecule has 3 rings (SSSR count). The minimum absolute atomic E-state index is 0.383. The number of benzene rings is 3. The molecule has 0 heterocycles. The molecule has 0 radical (unpaired) electrons. The topological polar surface area (TPSA) is 32.3 Å². The van der Waals surface area contributed by atoms with Gasteiger partial charge in [0.2, 0.25) is 0 Å². The van der Waals surface area contributed by atoms with Gasteiger partial charge in [-0.2, -0.15) is 0 Å². The second-order valence-corrected chi connectivity index (χ2v) is 6.85. The monoisotopic (exact) mass is 319 g/mol. The number of rotatable bonds is 6. The number of fused-ring (bicyclic) bond motifs is 1. The summed E-state index contributed by atoms with van der Waals surface area (Å²) in [5.41, 5.74) is 1.90. The number of hydrogen-bond acceptors (Lipinski definition) is 2. The summed E-state index contributed by atoms with van der Waals surface area (Å²) in [6.07, 6.45) is 0.401. The van der Waals surface area contributed by atoms with Crippen LogP contribution in [-0.4, -0.2) is 17.2 Å². The molecule has 3 aromatic carbocycles. The summed E-state index contributed by atoms with van der Waals surface area (Å²) in [6.45, 7) is 4.92. The Hall–Kier alpha value is -2.16. The minimum atomic E-state index is -0.536. The van der Waals surface area contributed by atoms with E-state index in [9.17, 15) is 5.11 Å². The number of aliphatic hydroxyl groups excluding tert-OH is 1. The number of hydrogen-bond donors (Lipinski definition) is 2. The number of aliphatic hydroxyl groups is 1. The molecule has 2 N–H and O–H groups in total. The van der Waals surface area contributed by atoms with Gasteiger partial charge in [0.25, 0.3) is 0 Å². The lowest BCUT2D eigenvalue weighted by molar-refractivity contribution is 0.0807. The molecule has 24 heavy (non-hydrogen) atoms. The average Bonchev–Trinajstić information content (AvgIpc) is 2.62. The fourth-order valence-corrected chi connectivity index (χ4v) is 3.18. The first-order valence-corrected chi connectivity index (χ1v) is 8.52. The minimum Gasteiger partial charge on any atom is -0.387 e. The van der Waals surface area contributed by atoms with Crippen LogP contribution in [0.2, 0.25) is 0 Å². The van der Waals surface area contributed by atoms with Gasteiger partial charge in [-0.25, -0.2) is 0 Å². The highest BCUT2D eigenvalue weighted by Gasteiger charge is 2.28. The Morgan fingerprint density at radius 3 is 2.33 bits per heavy atom. The zero-order valence-corrected chi connectivity index (χ0v) is 14.4. The van der Waals surface area contributed by atoms with Crippen LogP contribution in [-0.2, 0) is 6.42 Å². The van der Waals surface area contributed by atoms with Crippen molar-refractivity contribution in [2.24, 2.45) is 0 Å². The van der Waals surface area contributed by atoms with Crippen molar-refractivity contribution in [1.82, 2.24) is 5.32 Å². The largest absolute Gasteiger partial charge is 0.387 e. The summed E-state index contributed by atoms with van der Waals surface area (Å²) in [5, 5.41) is 16.8. The molecule has 1 atom stereocenters. The van der Waals surface area contributed by atoms with Gasteiger partial charge in [-0.1, -0.05) is 72.8 Å². The van der Waals surface area contributed by atoms with Gasteiger partial charge in [-0.05, 0) is 48.7 Å². The lowest BCUT2D eigenvalue weighted by atomic mass is 9.91. The lowest BCUT2D eigenvalue weighted by Crippen LogP contribution is -2.45. The molecule has 2 nitrogen and oxygen atoms in total. The maximum absolute atomic E-state index is 10.7. The molecular weight excluding hydrogens is 294 g/mol. The molecule has 1 unspecified atom stereocenters. The van der Waals surface area contributed by atoms with Crippen molar-refractivity contribution >= 4 is 10.8 Å². The first-order valence-electron chi connectivity index (χ1n) is 8.52. The van der Waals surface area contributed by atoms with E-state index in [4.69, 9.17) is 0 Å². The Bertz CT molecular complexity index is 790. The molecule has 0 saturated heterocycles. The Morgan fingerprint density at radius 2 is 1.54 bits per heavy atom. The van der Waals surface area contributed by atoms with E-state index in [2.05, 4.69) is 47.8 Å². The molecule has 0 bridgehead atoms. The fraction of sp³-hybridized carbons (Fsp3) is 0.273. The third kappa shape index (κ3) is 3.66. The molecule has 0 aliphatic carbocycles. The van der Waals surface area contributed by atoms with Crippen LogP contribution in [0.4, 0.5) is 0 Å². The van der Waals surface area contributed by atoms with Crippen LogP contribution >= 0.6 is 0 Å².